The zero-order chi connectivity index (χ0) is 21.2. The maximum atomic E-state index is 12.2. The number of hydrogen-bond donors (Lipinski definition) is 1. The van der Waals surface area contributed by atoms with Crippen molar-refractivity contribution in [2.75, 3.05) is 25.5 Å². The molecule has 0 bridgehead atoms. The van der Waals surface area contributed by atoms with Crippen molar-refractivity contribution in [1.82, 2.24) is 20.1 Å². The van der Waals surface area contributed by atoms with Crippen LogP contribution in [-0.4, -0.2) is 46.2 Å². The van der Waals surface area contributed by atoms with E-state index < -0.39 is 0 Å². The Hall–Kier alpha value is -3.00. The lowest BCUT2D eigenvalue weighted by atomic mass is 10.2. The van der Waals surface area contributed by atoms with Crippen LogP contribution in [0.15, 0.2) is 59.8 Å². The predicted molar refractivity (Wildman–Crippen MR) is 117 cm³/mol. The highest BCUT2D eigenvalue weighted by molar-refractivity contribution is 7.99. The van der Waals surface area contributed by atoms with Crippen LogP contribution >= 0.6 is 11.8 Å². The first-order valence-corrected chi connectivity index (χ1v) is 10.8. The van der Waals surface area contributed by atoms with Gasteiger partial charge in [0.1, 0.15) is 23.9 Å². The molecule has 7 nitrogen and oxygen atoms in total. The highest BCUT2D eigenvalue weighted by Crippen LogP contribution is 2.19. The summed E-state index contributed by atoms with van der Waals surface area (Å²) in [6, 6.07) is 17.5. The first kappa shape index (κ1) is 21.7. The van der Waals surface area contributed by atoms with E-state index in [9.17, 15) is 4.79 Å². The molecule has 0 unspecified atom stereocenters. The first-order chi connectivity index (χ1) is 14.7. The number of aryl methyl sites for hydroxylation is 1. The number of ether oxygens (including phenoxy) is 2. The third-order valence-electron chi connectivity index (χ3n) is 4.25. The summed E-state index contributed by atoms with van der Waals surface area (Å²) in [7, 11) is 0. The van der Waals surface area contributed by atoms with Gasteiger partial charge in [-0.1, -0.05) is 42.1 Å². The fraction of sp³-hybridized carbons (Fsp3) is 0.318. The molecule has 0 atom stereocenters. The number of nitrogens with one attached hydrogen (secondary N) is 1. The van der Waals surface area contributed by atoms with Crippen molar-refractivity contribution in [3.63, 3.8) is 0 Å². The van der Waals surface area contributed by atoms with Crippen molar-refractivity contribution in [2.24, 2.45) is 0 Å². The number of carbonyl (C=O) groups is 1. The molecule has 0 fully saturated rings. The minimum absolute atomic E-state index is 0.0674. The molecule has 1 amide bonds. The van der Waals surface area contributed by atoms with Crippen LogP contribution in [0.1, 0.15) is 18.3 Å². The first-order valence-electron chi connectivity index (χ1n) is 9.84. The monoisotopic (exact) mass is 426 g/mol. The number of thioether (sulfide) groups is 1. The van der Waals surface area contributed by atoms with Crippen LogP contribution < -0.4 is 14.8 Å². The molecule has 30 heavy (non-hydrogen) atoms. The summed E-state index contributed by atoms with van der Waals surface area (Å²) in [5.74, 6) is 2.58. The van der Waals surface area contributed by atoms with Crippen LogP contribution in [0.25, 0.3) is 0 Å². The van der Waals surface area contributed by atoms with Crippen LogP contribution in [0.3, 0.4) is 0 Å². The van der Waals surface area contributed by atoms with Gasteiger partial charge in [-0.05, 0) is 43.7 Å². The van der Waals surface area contributed by atoms with E-state index >= 15 is 0 Å². The van der Waals surface area contributed by atoms with Gasteiger partial charge in [0.25, 0.3) is 0 Å². The van der Waals surface area contributed by atoms with Crippen molar-refractivity contribution in [2.45, 2.75) is 25.5 Å². The Kier molecular flexibility index (Phi) is 8.14. The minimum Gasteiger partial charge on any atom is -0.494 e. The van der Waals surface area contributed by atoms with Gasteiger partial charge in [0.2, 0.25) is 5.91 Å². The van der Waals surface area contributed by atoms with Gasteiger partial charge in [-0.25, -0.2) is 0 Å². The third-order valence-corrected chi connectivity index (χ3v) is 5.21. The Balaban J connectivity index is 1.40. The molecule has 8 heteroatoms. The van der Waals surface area contributed by atoms with Gasteiger partial charge in [0, 0.05) is 0 Å². The lowest BCUT2D eigenvalue weighted by Crippen LogP contribution is -2.29. The smallest absolute Gasteiger partial charge is 0.230 e. The molecule has 3 aromatic rings. The number of nitrogens with zero attached hydrogens (tertiary/aromatic N) is 3. The van der Waals surface area contributed by atoms with Gasteiger partial charge in [-0.2, -0.15) is 0 Å². The van der Waals surface area contributed by atoms with E-state index in [2.05, 4.69) is 27.6 Å². The lowest BCUT2D eigenvalue weighted by Gasteiger charge is -2.10. The number of carbonyl (C=O) groups excluding carboxylic acids is 1. The number of amides is 1. The average molecular weight is 427 g/mol. The number of rotatable bonds is 11. The molecule has 0 saturated heterocycles. The van der Waals surface area contributed by atoms with E-state index in [1.165, 1.54) is 11.8 Å². The number of hydrogen-bond acceptors (Lipinski definition) is 6. The standard InChI is InChI=1S/C22H26N4O3S/c1-3-28-19-9-11-20(12-10-19)29-14-13-23-21(27)16-30-22-25-24-17(2)26(22)15-18-7-5-4-6-8-18/h4-12H,3,13-16H2,1-2H3,(H,23,27). The van der Waals surface area contributed by atoms with Crippen molar-refractivity contribution in [3.8, 4) is 11.5 Å². The van der Waals surface area contributed by atoms with Gasteiger partial charge in [-0.3, -0.25) is 4.79 Å². The zero-order valence-corrected chi connectivity index (χ0v) is 18.0. The quantitative estimate of drug-likeness (QED) is 0.374. The minimum atomic E-state index is -0.0674. The molecule has 0 radical (unpaired) electrons. The predicted octanol–water partition coefficient (Wildman–Crippen LogP) is 3.32. The van der Waals surface area contributed by atoms with E-state index in [0.29, 0.717) is 26.3 Å². The fourth-order valence-electron chi connectivity index (χ4n) is 2.76. The van der Waals surface area contributed by atoms with E-state index in [1.54, 1.807) is 0 Å². The molecule has 0 aliphatic carbocycles. The SMILES string of the molecule is CCOc1ccc(OCCNC(=O)CSc2nnc(C)n2Cc2ccccc2)cc1. The second-order valence-electron chi connectivity index (χ2n) is 6.49. The van der Waals surface area contributed by atoms with Crippen LogP contribution in [-0.2, 0) is 11.3 Å². The van der Waals surface area contributed by atoms with Gasteiger partial charge < -0.3 is 19.4 Å². The third kappa shape index (κ3) is 6.52. The molecular weight excluding hydrogens is 400 g/mol. The highest BCUT2D eigenvalue weighted by atomic mass is 32.2. The summed E-state index contributed by atoms with van der Waals surface area (Å²) in [5, 5.41) is 11.9. The largest absolute Gasteiger partial charge is 0.494 e. The summed E-state index contributed by atoms with van der Waals surface area (Å²) in [5.41, 5.74) is 1.16. The van der Waals surface area contributed by atoms with Crippen molar-refractivity contribution in [3.05, 3.63) is 66.0 Å². The molecule has 3 rings (SSSR count). The van der Waals surface area contributed by atoms with Crippen LogP contribution in [0.2, 0.25) is 0 Å². The average Bonchev–Trinajstić information content (AvgIpc) is 3.11. The Morgan fingerprint density at radius 2 is 1.73 bits per heavy atom. The molecule has 1 aromatic heterocycles. The van der Waals surface area contributed by atoms with Crippen molar-refractivity contribution >= 4 is 17.7 Å². The molecular formula is C22H26N4O3S. The maximum Gasteiger partial charge on any atom is 0.230 e. The second-order valence-corrected chi connectivity index (χ2v) is 7.44. The molecule has 0 saturated carbocycles. The van der Waals surface area contributed by atoms with Crippen molar-refractivity contribution < 1.29 is 14.3 Å². The molecule has 2 aromatic carbocycles. The molecule has 0 aliphatic rings. The van der Waals surface area contributed by atoms with E-state index in [-0.39, 0.29) is 11.7 Å². The van der Waals surface area contributed by atoms with Gasteiger partial charge in [0.15, 0.2) is 5.16 Å². The normalized spacial score (nSPS) is 10.6. The molecule has 0 aliphatic heterocycles. The second kappa shape index (κ2) is 11.3. The summed E-state index contributed by atoms with van der Waals surface area (Å²) < 4.78 is 13.1. The van der Waals surface area contributed by atoms with Gasteiger partial charge >= 0.3 is 0 Å². The van der Waals surface area contributed by atoms with E-state index in [1.807, 2.05) is 60.9 Å². The van der Waals surface area contributed by atoms with Crippen LogP contribution in [0, 0.1) is 6.92 Å². The fourth-order valence-corrected chi connectivity index (χ4v) is 3.57. The van der Waals surface area contributed by atoms with Crippen LogP contribution in [0.5, 0.6) is 11.5 Å². The zero-order valence-electron chi connectivity index (χ0n) is 17.2. The number of benzene rings is 2. The molecule has 1 N–H and O–H groups in total. The van der Waals surface area contributed by atoms with E-state index in [4.69, 9.17) is 9.47 Å². The Bertz CT molecular complexity index is 929. The molecule has 1 heterocycles. The summed E-state index contributed by atoms with van der Waals surface area (Å²) in [4.78, 5) is 12.2. The molecule has 0 spiro atoms. The maximum absolute atomic E-state index is 12.2. The Morgan fingerprint density at radius 1 is 1.03 bits per heavy atom. The molecule has 158 valence electrons. The Labute approximate surface area is 180 Å². The van der Waals surface area contributed by atoms with Gasteiger partial charge in [-0.15, -0.1) is 10.2 Å². The topological polar surface area (TPSA) is 78.3 Å². The Morgan fingerprint density at radius 3 is 2.43 bits per heavy atom. The van der Waals surface area contributed by atoms with Gasteiger partial charge in [0.05, 0.1) is 25.4 Å². The summed E-state index contributed by atoms with van der Waals surface area (Å²) >= 11 is 1.38. The highest BCUT2D eigenvalue weighted by Gasteiger charge is 2.12. The lowest BCUT2D eigenvalue weighted by molar-refractivity contribution is -0.118. The van der Waals surface area contributed by atoms with E-state index in [0.717, 1.165) is 28.0 Å². The number of aromatic nitrogens is 3. The van der Waals surface area contributed by atoms with Crippen LogP contribution in [0.4, 0.5) is 0 Å². The summed E-state index contributed by atoms with van der Waals surface area (Å²) in [6.45, 7) is 6.00. The summed E-state index contributed by atoms with van der Waals surface area (Å²) in [6.07, 6.45) is 0. The van der Waals surface area contributed by atoms with Crippen molar-refractivity contribution in [1.29, 1.82) is 0 Å².